The fraction of sp³-hybridized carbons (Fsp3) is 0.179. The molecule has 4 rings (SSSR count). The first-order valence-electron chi connectivity index (χ1n) is 11.3. The van der Waals surface area contributed by atoms with Gasteiger partial charge in [0.2, 0.25) is 5.91 Å². The smallest absolute Gasteiger partial charge is 0.252 e. The molecule has 7 heteroatoms. The lowest BCUT2D eigenvalue weighted by molar-refractivity contribution is -0.121. The fourth-order valence-electron chi connectivity index (χ4n) is 3.79. The molecule has 1 aromatic heterocycles. The number of rotatable bonds is 9. The number of hydrogen-bond donors (Lipinski definition) is 2. The van der Waals surface area contributed by atoms with Gasteiger partial charge in [0.05, 0.1) is 31.0 Å². The summed E-state index contributed by atoms with van der Waals surface area (Å²) in [4.78, 5) is 30.1. The van der Waals surface area contributed by atoms with Crippen molar-refractivity contribution in [3.63, 3.8) is 0 Å². The van der Waals surface area contributed by atoms with Crippen molar-refractivity contribution in [1.29, 1.82) is 0 Å². The molecule has 0 saturated heterocycles. The molecular weight excluding hydrogens is 442 g/mol. The topological polar surface area (TPSA) is 89.5 Å². The maximum Gasteiger partial charge on any atom is 0.252 e. The minimum Gasteiger partial charge on any atom is -0.497 e. The van der Waals surface area contributed by atoms with E-state index in [1.54, 1.807) is 20.3 Å². The Morgan fingerprint density at radius 1 is 0.857 bits per heavy atom. The van der Waals surface area contributed by atoms with Crippen molar-refractivity contribution in [2.45, 2.75) is 13.0 Å². The average Bonchev–Trinajstić information content (AvgIpc) is 2.91. The van der Waals surface area contributed by atoms with Crippen molar-refractivity contribution < 1.29 is 19.1 Å². The second-order valence-corrected chi connectivity index (χ2v) is 7.90. The van der Waals surface area contributed by atoms with E-state index in [0.717, 1.165) is 33.5 Å². The van der Waals surface area contributed by atoms with E-state index in [0.29, 0.717) is 17.8 Å². The number of benzene rings is 3. The van der Waals surface area contributed by atoms with E-state index in [1.807, 2.05) is 72.8 Å². The first-order chi connectivity index (χ1) is 17.1. The van der Waals surface area contributed by atoms with Crippen LogP contribution in [0, 0.1) is 0 Å². The molecule has 0 aliphatic carbocycles. The summed E-state index contributed by atoms with van der Waals surface area (Å²) in [6, 6.07) is 24.3. The molecule has 0 radical (unpaired) electrons. The molecule has 4 aromatic rings. The first kappa shape index (κ1) is 23.8. The van der Waals surface area contributed by atoms with Gasteiger partial charge in [0.1, 0.15) is 11.5 Å². The van der Waals surface area contributed by atoms with Gasteiger partial charge in [-0.15, -0.1) is 0 Å². The van der Waals surface area contributed by atoms with E-state index < -0.39 is 0 Å². The van der Waals surface area contributed by atoms with E-state index in [1.165, 1.54) is 0 Å². The van der Waals surface area contributed by atoms with Gasteiger partial charge in [-0.25, -0.2) is 4.98 Å². The molecule has 0 aliphatic heterocycles. The molecule has 3 aromatic carbocycles. The number of fused-ring (bicyclic) bond motifs is 1. The molecule has 2 amide bonds. The fourth-order valence-corrected chi connectivity index (χ4v) is 3.79. The van der Waals surface area contributed by atoms with Crippen molar-refractivity contribution in [3.8, 4) is 22.8 Å². The number of pyridine rings is 1. The van der Waals surface area contributed by atoms with Crippen LogP contribution in [0.2, 0.25) is 0 Å². The number of carbonyl (C=O) groups is 2. The summed E-state index contributed by atoms with van der Waals surface area (Å²) in [5.74, 6) is 1.06. The largest absolute Gasteiger partial charge is 0.497 e. The second kappa shape index (κ2) is 11.2. The lowest BCUT2D eigenvalue weighted by Gasteiger charge is -2.12. The Kier molecular flexibility index (Phi) is 7.57. The minimum atomic E-state index is -0.254. The third kappa shape index (κ3) is 5.76. The molecule has 0 saturated carbocycles. The quantitative estimate of drug-likeness (QED) is 0.380. The number of nitrogens with zero attached hydrogens (tertiary/aromatic N) is 1. The third-order valence-corrected chi connectivity index (χ3v) is 5.65. The van der Waals surface area contributed by atoms with Crippen LogP contribution in [-0.2, 0) is 11.3 Å². The Bertz CT molecular complexity index is 1340. The first-order valence-corrected chi connectivity index (χ1v) is 11.3. The summed E-state index contributed by atoms with van der Waals surface area (Å²) in [5, 5.41) is 6.49. The number of methoxy groups -OCH3 is 2. The van der Waals surface area contributed by atoms with Gasteiger partial charge in [-0.1, -0.05) is 36.4 Å². The number of aromatic nitrogens is 1. The van der Waals surface area contributed by atoms with E-state index in [4.69, 9.17) is 14.5 Å². The number of ether oxygens (including phenoxy) is 2. The highest BCUT2D eigenvalue weighted by atomic mass is 16.5. The molecule has 0 spiro atoms. The highest BCUT2D eigenvalue weighted by Crippen LogP contribution is 2.26. The number of carbonyl (C=O) groups excluding carboxylic acids is 2. The van der Waals surface area contributed by atoms with Crippen molar-refractivity contribution >= 4 is 22.7 Å². The van der Waals surface area contributed by atoms with Crippen molar-refractivity contribution in [2.24, 2.45) is 0 Å². The van der Waals surface area contributed by atoms with E-state index >= 15 is 0 Å². The highest BCUT2D eigenvalue weighted by Gasteiger charge is 2.14. The normalized spacial score (nSPS) is 10.6. The Labute approximate surface area is 204 Å². The zero-order valence-electron chi connectivity index (χ0n) is 19.7. The van der Waals surface area contributed by atoms with Gasteiger partial charge in [0, 0.05) is 36.0 Å². The van der Waals surface area contributed by atoms with Gasteiger partial charge >= 0.3 is 0 Å². The maximum absolute atomic E-state index is 13.1. The molecule has 0 bridgehead atoms. The van der Waals surface area contributed by atoms with Crippen LogP contribution < -0.4 is 20.1 Å². The van der Waals surface area contributed by atoms with Crippen LogP contribution in [0.4, 0.5) is 0 Å². The van der Waals surface area contributed by atoms with Crippen molar-refractivity contribution in [2.75, 3.05) is 20.8 Å². The van der Waals surface area contributed by atoms with E-state index in [-0.39, 0.29) is 24.8 Å². The molecule has 1 heterocycles. The molecule has 7 nitrogen and oxygen atoms in total. The predicted octanol–water partition coefficient (Wildman–Crippen LogP) is 4.36. The Balaban J connectivity index is 1.43. The zero-order chi connectivity index (χ0) is 24.6. The van der Waals surface area contributed by atoms with Crippen LogP contribution >= 0.6 is 0 Å². The summed E-state index contributed by atoms with van der Waals surface area (Å²) >= 11 is 0. The minimum absolute atomic E-state index is 0.158. The van der Waals surface area contributed by atoms with Crippen molar-refractivity contribution in [1.82, 2.24) is 15.6 Å². The van der Waals surface area contributed by atoms with Crippen LogP contribution in [0.5, 0.6) is 11.5 Å². The van der Waals surface area contributed by atoms with Crippen LogP contribution in [0.3, 0.4) is 0 Å². The Morgan fingerprint density at radius 3 is 2.37 bits per heavy atom. The third-order valence-electron chi connectivity index (χ3n) is 5.65. The van der Waals surface area contributed by atoms with Gasteiger partial charge in [0.25, 0.3) is 5.91 Å². The van der Waals surface area contributed by atoms with E-state index in [9.17, 15) is 9.59 Å². The van der Waals surface area contributed by atoms with Crippen LogP contribution in [0.15, 0.2) is 78.9 Å². The molecule has 2 N–H and O–H groups in total. The van der Waals surface area contributed by atoms with Gasteiger partial charge in [-0.2, -0.15) is 0 Å². The summed E-state index contributed by atoms with van der Waals surface area (Å²) in [6.45, 7) is 0.572. The van der Waals surface area contributed by atoms with E-state index in [2.05, 4.69) is 10.6 Å². The van der Waals surface area contributed by atoms with Gasteiger partial charge in [-0.3, -0.25) is 9.59 Å². The van der Waals surface area contributed by atoms with Gasteiger partial charge in [0.15, 0.2) is 0 Å². The predicted molar refractivity (Wildman–Crippen MR) is 136 cm³/mol. The molecule has 35 heavy (non-hydrogen) atoms. The summed E-state index contributed by atoms with van der Waals surface area (Å²) in [7, 11) is 3.21. The van der Waals surface area contributed by atoms with Crippen LogP contribution in [0.1, 0.15) is 22.3 Å². The SMILES string of the molecule is COc1ccc(-c2cc(C(=O)NCCC(=O)NCc3ccccc3OC)c3ccccc3n2)cc1. The van der Waals surface area contributed by atoms with Crippen molar-refractivity contribution in [3.05, 3.63) is 90.0 Å². The summed E-state index contributed by atoms with van der Waals surface area (Å²) < 4.78 is 10.5. The van der Waals surface area contributed by atoms with Crippen LogP contribution in [-0.4, -0.2) is 37.6 Å². The van der Waals surface area contributed by atoms with Crippen LogP contribution in [0.25, 0.3) is 22.2 Å². The molecule has 178 valence electrons. The van der Waals surface area contributed by atoms with Gasteiger partial charge in [-0.05, 0) is 42.5 Å². The second-order valence-electron chi connectivity index (χ2n) is 7.90. The number of amides is 2. The monoisotopic (exact) mass is 469 g/mol. The molecular formula is C28H27N3O4. The average molecular weight is 470 g/mol. The maximum atomic E-state index is 13.1. The summed E-state index contributed by atoms with van der Waals surface area (Å²) in [6.07, 6.45) is 0.162. The molecule has 0 unspecified atom stereocenters. The molecule has 0 fully saturated rings. The standard InChI is InChI=1S/C28H27N3O4/c1-34-21-13-11-19(12-14-21)25-17-23(22-8-4-5-9-24(22)31-25)28(33)29-16-15-27(32)30-18-20-7-3-6-10-26(20)35-2/h3-14,17H,15-16,18H2,1-2H3,(H,29,33)(H,30,32). The molecule has 0 atom stereocenters. The Morgan fingerprint density at radius 2 is 1.60 bits per heavy atom. The Hall–Kier alpha value is -4.39. The number of hydrogen-bond acceptors (Lipinski definition) is 5. The number of nitrogens with one attached hydrogen (secondary N) is 2. The molecule has 0 aliphatic rings. The summed E-state index contributed by atoms with van der Waals surface area (Å²) in [5.41, 5.74) is 3.69. The lowest BCUT2D eigenvalue weighted by atomic mass is 10.0. The van der Waals surface area contributed by atoms with Gasteiger partial charge < -0.3 is 20.1 Å². The zero-order valence-corrected chi connectivity index (χ0v) is 19.7. The lowest BCUT2D eigenvalue weighted by Crippen LogP contribution is -2.30. The number of para-hydroxylation sites is 2. The highest BCUT2D eigenvalue weighted by molar-refractivity contribution is 6.07.